The Hall–Kier alpha value is -2.75. The number of benzene rings is 1. The Labute approximate surface area is 144 Å². The van der Waals surface area contributed by atoms with Crippen molar-refractivity contribution in [1.29, 1.82) is 0 Å². The molecule has 0 unspecified atom stereocenters. The molecule has 136 valence electrons. The molecule has 1 aromatic carbocycles. The molecule has 10 heteroatoms. The molecule has 0 spiro atoms. The fraction of sp³-hybridized carbons (Fsp3) is 0.312. The van der Waals surface area contributed by atoms with Crippen molar-refractivity contribution in [1.82, 2.24) is 19.6 Å². The highest BCUT2D eigenvalue weighted by Gasteiger charge is 2.43. The molecule has 1 fully saturated rings. The lowest BCUT2D eigenvalue weighted by Crippen LogP contribution is -2.53. The molecule has 1 N–H and O–H groups in total. The molecule has 3 heterocycles. The van der Waals surface area contributed by atoms with Crippen LogP contribution in [0.15, 0.2) is 30.6 Å². The molecule has 0 saturated carbocycles. The number of alkyl halides is 3. The first-order valence-corrected chi connectivity index (χ1v) is 7.69. The van der Waals surface area contributed by atoms with Gasteiger partial charge in [0, 0.05) is 11.8 Å². The van der Waals surface area contributed by atoms with E-state index in [9.17, 15) is 17.6 Å². The summed E-state index contributed by atoms with van der Waals surface area (Å²) in [5.41, 5.74) is -1.12. The summed E-state index contributed by atoms with van der Waals surface area (Å²) in [6, 6.07) is 4.62. The van der Waals surface area contributed by atoms with E-state index in [1.807, 2.05) is 0 Å². The van der Waals surface area contributed by atoms with Crippen molar-refractivity contribution in [3.63, 3.8) is 0 Å². The molecule has 1 aliphatic rings. The Morgan fingerprint density at radius 2 is 2.00 bits per heavy atom. The van der Waals surface area contributed by atoms with E-state index in [4.69, 9.17) is 4.74 Å². The number of aromatic nitrogens is 4. The predicted octanol–water partition coefficient (Wildman–Crippen LogP) is 2.93. The predicted molar refractivity (Wildman–Crippen MR) is 83.0 cm³/mol. The monoisotopic (exact) mass is 367 g/mol. The zero-order valence-corrected chi connectivity index (χ0v) is 13.5. The summed E-state index contributed by atoms with van der Waals surface area (Å²) in [5.74, 6) is -0.407. The first-order chi connectivity index (χ1) is 12.3. The number of aryl methyl sites for hydroxylation is 1. The number of hydrogen-bond donors (Lipinski definition) is 1. The Morgan fingerprint density at radius 3 is 2.62 bits per heavy atom. The highest BCUT2D eigenvalue weighted by atomic mass is 19.4. The normalized spacial score (nSPS) is 16.5. The SMILES string of the molecule is Cc1cc(NC2(c3ccc(C(F)(F)F)c(F)c3)COC2)n2ncnc2n1. The molecule has 4 rings (SSSR count). The second-order valence-electron chi connectivity index (χ2n) is 6.15. The molecule has 0 bridgehead atoms. The molecule has 0 atom stereocenters. The molecule has 1 saturated heterocycles. The zero-order valence-electron chi connectivity index (χ0n) is 13.5. The van der Waals surface area contributed by atoms with Gasteiger partial charge in [-0.25, -0.2) is 9.37 Å². The third-order valence-electron chi connectivity index (χ3n) is 4.27. The maximum atomic E-state index is 14.0. The van der Waals surface area contributed by atoms with Crippen LogP contribution in [0.2, 0.25) is 0 Å². The molecule has 0 amide bonds. The number of rotatable bonds is 3. The van der Waals surface area contributed by atoms with Crippen molar-refractivity contribution in [3.05, 3.63) is 53.2 Å². The summed E-state index contributed by atoms with van der Waals surface area (Å²) in [6.45, 7) is 2.13. The lowest BCUT2D eigenvalue weighted by atomic mass is 9.87. The van der Waals surface area contributed by atoms with Crippen LogP contribution in [0.1, 0.15) is 16.8 Å². The van der Waals surface area contributed by atoms with Gasteiger partial charge in [0.1, 0.15) is 23.5 Å². The van der Waals surface area contributed by atoms with Crippen molar-refractivity contribution >= 4 is 11.6 Å². The van der Waals surface area contributed by atoms with Gasteiger partial charge < -0.3 is 10.1 Å². The largest absolute Gasteiger partial charge is 0.419 e. The summed E-state index contributed by atoms with van der Waals surface area (Å²) in [5, 5.41) is 7.29. The molecule has 6 nitrogen and oxygen atoms in total. The third-order valence-corrected chi connectivity index (χ3v) is 4.27. The van der Waals surface area contributed by atoms with E-state index in [0.717, 1.165) is 12.1 Å². The number of halogens is 4. The van der Waals surface area contributed by atoms with Gasteiger partial charge in [0.2, 0.25) is 0 Å². The van der Waals surface area contributed by atoms with E-state index in [2.05, 4.69) is 20.4 Å². The van der Waals surface area contributed by atoms with Crippen LogP contribution in [0.25, 0.3) is 5.78 Å². The minimum Gasteiger partial charge on any atom is -0.376 e. The van der Waals surface area contributed by atoms with Gasteiger partial charge in [-0.05, 0) is 24.6 Å². The molecule has 1 aliphatic heterocycles. The van der Waals surface area contributed by atoms with Crippen molar-refractivity contribution < 1.29 is 22.3 Å². The fourth-order valence-electron chi connectivity index (χ4n) is 2.92. The minimum atomic E-state index is -4.74. The summed E-state index contributed by atoms with van der Waals surface area (Å²) in [4.78, 5) is 8.25. The Kier molecular flexibility index (Phi) is 3.62. The molecular formula is C16H13F4N5O. The summed E-state index contributed by atoms with van der Waals surface area (Å²) < 4.78 is 59.1. The Morgan fingerprint density at radius 1 is 1.23 bits per heavy atom. The van der Waals surface area contributed by atoms with E-state index in [0.29, 0.717) is 22.9 Å². The van der Waals surface area contributed by atoms with Gasteiger partial charge >= 0.3 is 6.18 Å². The standard InChI is InChI=1S/C16H13F4N5O/c1-9-4-13(25-14(23-9)21-8-22-25)24-15(6-26-7-15)10-2-3-11(12(17)5-10)16(18,19)20/h2-5,8,24H,6-7H2,1H3. The molecule has 26 heavy (non-hydrogen) atoms. The van der Waals surface area contributed by atoms with Crippen LogP contribution in [-0.2, 0) is 16.5 Å². The first-order valence-electron chi connectivity index (χ1n) is 7.69. The van der Waals surface area contributed by atoms with Gasteiger partial charge in [0.15, 0.2) is 0 Å². The lowest BCUT2D eigenvalue weighted by Gasteiger charge is -2.43. The number of fused-ring (bicyclic) bond motifs is 1. The van der Waals surface area contributed by atoms with Gasteiger partial charge in [0.25, 0.3) is 5.78 Å². The van der Waals surface area contributed by atoms with Crippen LogP contribution < -0.4 is 5.32 Å². The van der Waals surface area contributed by atoms with Crippen LogP contribution >= 0.6 is 0 Å². The zero-order chi connectivity index (χ0) is 18.5. The third kappa shape index (κ3) is 2.66. The van der Waals surface area contributed by atoms with E-state index in [-0.39, 0.29) is 13.2 Å². The highest BCUT2D eigenvalue weighted by Crippen LogP contribution is 2.37. The van der Waals surface area contributed by atoms with Crippen LogP contribution in [0.5, 0.6) is 0 Å². The second-order valence-corrected chi connectivity index (χ2v) is 6.15. The summed E-state index contributed by atoms with van der Waals surface area (Å²) in [7, 11) is 0. The van der Waals surface area contributed by atoms with E-state index < -0.39 is 23.1 Å². The number of nitrogens with zero attached hydrogens (tertiary/aromatic N) is 4. The van der Waals surface area contributed by atoms with Crippen molar-refractivity contribution in [3.8, 4) is 0 Å². The average Bonchev–Trinajstić information content (AvgIpc) is 2.97. The van der Waals surface area contributed by atoms with Crippen LogP contribution in [-0.4, -0.2) is 32.8 Å². The molecule has 2 aromatic heterocycles. The van der Waals surface area contributed by atoms with Crippen molar-refractivity contribution in [2.24, 2.45) is 0 Å². The maximum Gasteiger partial charge on any atom is 0.419 e. The van der Waals surface area contributed by atoms with Gasteiger partial charge in [0.05, 0.1) is 18.8 Å². The second kappa shape index (κ2) is 5.63. The van der Waals surface area contributed by atoms with Crippen LogP contribution in [0.3, 0.4) is 0 Å². The van der Waals surface area contributed by atoms with Gasteiger partial charge in [-0.2, -0.15) is 27.8 Å². The minimum absolute atomic E-state index is 0.176. The average molecular weight is 367 g/mol. The number of anilines is 1. The van der Waals surface area contributed by atoms with E-state index in [1.54, 1.807) is 13.0 Å². The van der Waals surface area contributed by atoms with Gasteiger partial charge in [-0.3, -0.25) is 0 Å². The first kappa shape index (κ1) is 16.7. The quantitative estimate of drug-likeness (QED) is 0.721. The number of ether oxygens (including phenoxy) is 1. The lowest BCUT2D eigenvalue weighted by molar-refractivity contribution is -0.140. The smallest absolute Gasteiger partial charge is 0.376 e. The number of hydrogen-bond acceptors (Lipinski definition) is 5. The summed E-state index contributed by atoms with van der Waals surface area (Å²) >= 11 is 0. The van der Waals surface area contributed by atoms with Crippen molar-refractivity contribution in [2.75, 3.05) is 18.5 Å². The van der Waals surface area contributed by atoms with Crippen molar-refractivity contribution in [2.45, 2.75) is 18.6 Å². The highest BCUT2D eigenvalue weighted by molar-refractivity contribution is 5.50. The van der Waals surface area contributed by atoms with E-state index in [1.165, 1.54) is 16.9 Å². The Balaban J connectivity index is 1.74. The molecule has 0 radical (unpaired) electrons. The fourth-order valence-corrected chi connectivity index (χ4v) is 2.92. The molecular weight excluding hydrogens is 354 g/mol. The van der Waals surface area contributed by atoms with Gasteiger partial charge in [-0.1, -0.05) is 6.07 Å². The van der Waals surface area contributed by atoms with Gasteiger partial charge in [-0.15, -0.1) is 0 Å². The number of nitrogens with one attached hydrogen (secondary N) is 1. The molecule has 3 aromatic rings. The van der Waals surface area contributed by atoms with E-state index >= 15 is 0 Å². The Bertz CT molecular complexity index is 980. The molecule has 0 aliphatic carbocycles. The maximum absolute atomic E-state index is 14.0. The van der Waals surface area contributed by atoms with Crippen LogP contribution in [0.4, 0.5) is 23.4 Å². The van der Waals surface area contributed by atoms with Crippen LogP contribution in [0, 0.1) is 12.7 Å². The topological polar surface area (TPSA) is 64.3 Å². The summed E-state index contributed by atoms with van der Waals surface area (Å²) in [6.07, 6.45) is -3.40.